The number of carbonyl (C=O) groups is 1. The first-order chi connectivity index (χ1) is 10.1. The van der Waals surface area contributed by atoms with Crippen LogP contribution in [0.4, 0.5) is 0 Å². The number of ether oxygens (including phenoxy) is 2. The van der Waals surface area contributed by atoms with Crippen molar-refractivity contribution < 1.29 is 14.3 Å². The van der Waals surface area contributed by atoms with Gasteiger partial charge in [0.1, 0.15) is 5.75 Å². The summed E-state index contributed by atoms with van der Waals surface area (Å²) in [6.45, 7) is 9.45. The van der Waals surface area contributed by atoms with E-state index in [-0.39, 0.29) is 5.78 Å². The summed E-state index contributed by atoms with van der Waals surface area (Å²) in [5.74, 6) is 1.27. The molecule has 1 rings (SSSR count). The lowest BCUT2D eigenvalue weighted by molar-refractivity contribution is 0.0878. The summed E-state index contributed by atoms with van der Waals surface area (Å²) >= 11 is 0. The predicted molar refractivity (Wildman–Crippen MR) is 85.1 cm³/mol. The van der Waals surface area contributed by atoms with Crippen molar-refractivity contribution in [3.63, 3.8) is 0 Å². The maximum absolute atomic E-state index is 12.5. The van der Waals surface area contributed by atoms with Gasteiger partial charge in [-0.05, 0) is 25.0 Å². The molecule has 4 heteroatoms. The molecule has 0 aliphatic carbocycles. The summed E-state index contributed by atoms with van der Waals surface area (Å²) in [5, 5.41) is 0. The molecule has 0 radical (unpaired) electrons. The molecule has 0 aromatic heterocycles. The first-order valence-electron chi connectivity index (χ1n) is 7.54. The van der Waals surface area contributed by atoms with Crippen LogP contribution in [0.2, 0.25) is 0 Å². The summed E-state index contributed by atoms with van der Waals surface area (Å²) in [4.78, 5) is 14.7. The van der Waals surface area contributed by atoms with Gasteiger partial charge in [0.15, 0.2) is 5.78 Å². The molecule has 0 amide bonds. The van der Waals surface area contributed by atoms with Gasteiger partial charge in [-0.3, -0.25) is 9.69 Å². The van der Waals surface area contributed by atoms with E-state index >= 15 is 0 Å². The number of rotatable bonds is 10. The highest BCUT2D eigenvalue weighted by Crippen LogP contribution is 2.19. The van der Waals surface area contributed by atoms with Gasteiger partial charge in [0.05, 0.1) is 25.3 Å². The van der Waals surface area contributed by atoms with Crippen LogP contribution >= 0.6 is 0 Å². The highest BCUT2D eigenvalue weighted by atomic mass is 16.5. The van der Waals surface area contributed by atoms with Crippen molar-refractivity contribution >= 4 is 5.78 Å². The lowest BCUT2D eigenvalue weighted by Gasteiger charge is -2.23. The van der Waals surface area contributed by atoms with Gasteiger partial charge in [0, 0.05) is 20.2 Å². The van der Waals surface area contributed by atoms with E-state index < -0.39 is 0 Å². The molecule has 0 spiro atoms. The number of para-hydroxylation sites is 1. The number of hydrogen-bond acceptors (Lipinski definition) is 4. The molecule has 0 atom stereocenters. The van der Waals surface area contributed by atoms with Crippen molar-refractivity contribution in [2.24, 2.45) is 5.92 Å². The average molecular weight is 293 g/mol. The van der Waals surface area contributed by atoms with Gasteiger partial charge in [-0.1, -0.05) is 26.0 Å². The van der Waals surface area contributed by atoms with Crippen molar-refractivity contribution in [1.82, 2.24) is 4.90 Å². The number of ketones is 1. The second-order valence-electron chi connectivity index (χ2n) is 5.47. The topological polar surface area (TPSA) is 38.8 Å². The van der Waals surface area contributed by atoms with E-state index in [2.05, 4.69) is 18.7 Å². The quantitative estimate of drug-likeness (QED) is 0.622. The Kier molecular flexibility index (Phi) is 8.01. The molecule has 0 aliphatic rings. The SMILES string of the molecule is CCOc1ccccc1C(=O)CN(CCOC)CC(C)C. The third-order valence-electron chi connectivity index (χ3n) is 3.09. The van der Waals surface area contributed by atoms with Crippen LogP contribution in [0.25, 0.3) is 0 Å². The highest BCUT2D eigenvalue weighted by Gasteiger charge is 2.16. The number of methoxy groups -OCH3 is 1. The third-order valence-corrected chi connectivity index (χ3v) is 3.09. The lowest BCUT2D eigenvalue weighted by atomic mass is 10.1. The van der Waals surface area contributed by atoms with E-state index in [4.69, 9.17) is 9.47 Å². The Bertz CT molecular complexity index is 432. The summed E-state index contributed by atoms with van der Waals surface area (Å²) in [6.07, 6.45) is 0. The number of hydrogen-bond donors (Lipinski definition) is 0. The van der Waals surface area contributed by atoms with Gasteiger partial charge in [-0.15, -0.1) is 0 Å². The van der Waals surface area contributed by atoms with Gasteiger partial charge in [0.25, 0.3) is 0 Å². The van der Waals surface area contributed by atoms with Crippen LogP contribution in [0.1, 0.15) is 31.1 Å². The standard InChI is InChI=1S/C17H27NO3/c1-5-21-17-9-7-6-8-15(17)16(19)13-18(10-11-20-4)12-14(2)3/h6-9,14H,5,10-13H2,1-4H3. The predicted octanol–water partition coefficient (Wildman–Crippen LogP) is 2.87. The molecule has 0 heterocycles. The zero-order valence-electron chi connectivity index (χ0n) is 13.6. The minimum Gasteiger partial charge on any atom is -0.493 e. The first-order valence-corrected chi connectivity index (χ1v) is 7.54. The van der Waals surface area contributed by atoms with Crippen molar-refractivity contribution in [1.29, 1.82) is 0 Å². The molecule has 118 valence electrons. The number of benzene rings is 1. The fourth-order valence-corrected chi connectivity index (χ4v) is 2.24. The Morgan fingerprint density at radius 1 is 1.29 bits per heavy atom. The molecule has 21 heavy (non-hydrogen) atoms. The van der Waals surface area contributed by atoms with Gasteiger partial charge < -0.3 is 9.47 Å². The van der Waals surface area contributed by atoms with Gasteiger partial charge >= 0.3 is 0 Å². The number of carbonyl (C=O) groups excluding carboxylic acids is 1. The molecular weight excluding hydrogens is 266 g/mol. The normalized spacial score (nSPS) is 11.1. The lowest BCUT2D eigenvalue weighted by Crippen LogP contribution is -2.35. The summed E-state index contributed by atoms with van der Waals surface area (Å²) in [5.41, 5.74) is 0.658. The minimum atomic E-state index is 0.0933. The Morgan fingerprint density at radius 3 is 2.62 bits per heavy atom. The second-order valence-corrected chi connectivity index (χ2v) is 5.47. The monoisotopic (exact) mass is 293 g/mol. The molecular formula is C17H27NO3. The molecule has 0 unspecified atom stereocenters. The van der Waals surface area contributed by atoms with Gasteiger partial charge in [-0.2, -0.15) is 0 Å². The maximum Gasteiger partial charge on any atom is 0.180 e. The average Bonchev–Trinajstić information content (AvgIpc) is 2.45. The van der Waals surface area contributed by atoms with Crippen LogP contribution in [-0.2, 0) is 4.74 Å². The molecule has 0 N–H and O–H groups in total. The summed E-state index contributed by atoms with van der Waals surface area (Å²) in [6, 6.07) is 7.44. The van der Waals surface area contributed by atoms with Crippen LogP contribution < -0.4 is 4.74 Å². The Morgan fingerprint density at radius 2 is 2.00 bits per heavy atom. The van der Waals surface area contributed by atoms with E-state index in [0.717, 1.165) is 13.1 Å². The van der Waals surface area contributed by atoms with Crippen molar-refractivity contribution in [2.45, 2.75) is 20.8 Å². The smallest absolute Gasteiger partial charge is 0.180 e. The molecule has 0 saturated carbocycles. The molecule has 0 bridgehead atoms. The fourth-order valence-electron chi connectivity index (χ4n) is 2.24. The van der Waals surface area contributed by atoms with Crippen molar-refractivity contribution in [3.05, 3.63) is 29.8 Å². The van der Waals surface area contributed by atoms with E-state index in [9.17, 15) is 4.79 Å². The van der Waals surface area contributed by atoms with Crippen LogP contribution in [-0.4, -0.2) is 50.6 Å². The summed E-state index contributed by atoms with van der Waals surface area (Å²) in [7, 11) is 1.68. The molecule has 0 saturated heterocycles. The number of nitrogens with zero attached hydrogens (tertiary/aromatic N) is 1. The van der Waals surface area contributed by atoms with Crippen LogP contribution in [0, 0.1) is 5.92 Å². The van der Waals surface area contributed by atoms with Gasteiger partial charge in [-0.25, -0.2) is 0 Å². The minimum absolute atomic E-state index is 0.0933. The maximum atomic E-state index is 12.5. The van der Waals surface area contributed by atoms with Crippen LogP contribution in [0.15, 0.2) is 24.3 Å². The van der Waals surface area contributed by atoms with Crippen molar-refractivity contribution in [3.8, 4) is 5.75 Å². The Labute approximate surface area is 128 Å². The Balaban J connectivity index is 2.76. The van der Waals surface area contributed by atoms with Crippen LogP contribution in [0.3, 0.4) is 0 Å². The van der Waals surface area contributed by atoms with E-state index in [0.29, 0.717) is 37.0 Å². The van der Waals surface area contributed by atoms with E-state index in [1.807, 2.05) is 31.2 Å². The molecule has 0 fully saturated rings. The first kappa shape index (κ1) is 17.7. The van der Waals surface area contributed by atoms with E-state index in [1.54, 1.807) is 7.11 Å². The largest absolute Gasteiger partial charge is 0.493 e. The Hall–Kier alpha value is -1.39. The molecule has 1 aromatic rings. The van der Waals surface area contributed by atoms with Crippen LogP contribution in [0.5, 0.6) is 5.75 Å². The number of Topliss-reactive ketones (excluding diaryl/α,β-unsaturated/α-hetero) is 1. The van der Waals surface area contributed by atoms with Gasteiger partial charge in [0.2, 0.25) is 0 Å². The van der Waals surface area contributed by atoms with Crippen molar-refractivity contribution in [2.75, 3.05) is 40.0 Å². The highest BCUT2D eigenvalue weighted by molar-refractivity contribution is 6.00. The summed E-state index contributed by atoms with van der Waals surface area (Å²) < 4.78 is 10.7. The fraction of sp³-hybridized carbons (Fsp3) is 0.588. The molecule has 0 aliphatic heterocycles. The molecule has 1 aromatic carbocycles. The zero-order chi connectivity index (χ0) is 15.7. The van der Waals surface area contributed by atoms with E-state index in [1.165, 1.54) is 0 Å². The third kappa shape index (κ3) is 6.27. The molecule has 4 nitrogen and oxygen atoms in total. The second kappa shape index (κ2) is 9.53. The zero-order valence-corrected chi connectivity index (χ0v) is 13.6.